The first kappa shape index (κ1) is 19.0. The van der Waals surface area contributed by atoms with Gasteiger partial charge in [-0.1, -0.05) is 55.8 Å². The van der Waals surface area contributed by atoms with E-state index in [1.54, 1.807) is 0 Å². The summed E-state index contributed by atoms with van der Waals surface area (Å²) in [6.07, 6.45) is 16.8. The summed E-state index contributed by atoms with van der Waals surface area (Å²) in [4.78, 5) is 0. The number of allylic oxidation sites excluding steroid dienone is 3. The monoisotopic (exact) mass is 326 g/mol. The van der Waals surface area contributed by atoms with Crippen molar-refractivity contribution < 1.29 is 4.74 Å². The lowest BCUT2D eigenvalue weighted by Crippen LogP contribution is -2.11. The number of benzene rings is 1. The fourth-order valence-electron chi connectivity index (χ4n) is 3.51. The lowest BCUT2D eigenvalue weighted by Gasteiger charge is -2.27. The molecule has 0 amide bonds. The van der Waals surface area contributed by atoms with Crippen molar-refractivity contribution in [3.63, 3.8) is 0 Å². The molecule has 0 aliphatic heterocycles. The maximum atomic E-state index is 5.71. The number of unbranched alkanes of at least 4 members (excludes halogenated alkanes) is 2. The summed E-state index contributed by atoms with van der Waals surface area (Å²) >= 11 is 0. The van der Waals surface area contributed by atoms with Gasteiger partial charge in [-0.25, -0.2) is 0 Å². The SMILES string of the molecule is C=CCCCOCc1ccc(C2CCC(/C=C/CCC)CC2)cc1. The largest absolute Gasteiger partial charge is 0.377 e. The minimum Gasteiger partial charge on any atom is -0.377 e. The van der Waals surface area contributed by atoms with Gasteiger partial charge >= 0.3 is 0 Å². The third kappa shape index (κ3) is 6.65. The molecule has 0 atom stereocenters. The van der Waals surface area contributed by atoms with Crippen LogP contribution in [0.15, 0.2) is 49.1 Å². The summed E-state index contributed by atoms with van der Waals surface area (Å²) in [7, 11) is 0. The van der Waals surface area contributed by atoms with Crippen molar-refractivity contribution in [2.45, 2.75) is 70.8 Å². The van der Waals surface area contributed by atoms with Gasteiger partial charge in [-0.05, 0) is 67.9 Å². The van der Waals surface area contributed by atoms with Crippen LogP contribution in [0.25, 0.3) is 0 Å². The molecule has 1 aliphatic rings. The first-order chi connectivity index (χ1) is 11.8. The highest BCUT2D eigenvalue weighted by molar-refractivity contribution is 5.25. The Hall–Kier alpha value is -1.34. The minimum absolute atomic E-state index is 0.729. The van der Waals surface area contributed by atoms with Crippen LogP contribution in [0.4, 0.5) is 0 Å². The molecule has 1 aliphatic carbocycles. The highest BCUT2D eigenvalue weighted by Crippen LogP contribution is 2.36. The Labute approximate surface area is 148 Å². The van der Waals surface area contributed by atoms with E-state index in [2.05, 4.69) is 49.9 Å². The van der Waals surface area contributed by atoms with Crippen LogP contribution in [-0.4, -0.2) is 6.61 Å². The number of rotatable bonds is 10. The lowest BCUT2D eigenvalue weighted by molar-refractivity contribution is 0.119. The van der Waals surface area contributed by atoms with Crippen molar-refractivity contribution in [2.24, 2.45) is 5.92 Å². The molecule has 2 rings (SSSR count). The molecular formula is C23H34O. The summed E-state index contributed by atoms with van der Waals surface area (Å²) in [5.41, 5.74) is 2.80. The first-order valence-electron chi connectivity index (χ1n) is 9.77. The molecule has 0 N–H and O–H groups in total. The Kier molecular flexibility index (Phi) is 8.91. The molecule has 1 fully saturated rings. The Morgan fingerprint density at radius 1 is 1.08 bits per heavy atom. The normalized spacial score (nSPS) is 21.2. The van der Waals surface area contributed by atoms with E-state index < -0.39 is 0 Å². The van der Waals surface area contributed by atoms with Crippen LogP contribution in [-0.2, 0) is 11.3 Å². The second-order valence-electron chi connectivity index (χ2n) is 7.05. The molecule has 0 bridgehead atoms. The molecule has 0 radical (unpaired) electrons. The molecule has 1 nitrogen and oxygen atoms in total. The topological polar surface area (TPSA) is 9.23 Å². The van der Waals surface area contributed by atoms with E-state index in [0.29, 0.717) is 0 Å². The summed E-state index contributed by atoms with van der Waals surface area (Å²) in [5.74, 6) is 1.57. The van der Waals surface area contributed by atoms with Crippen molar-refractivity contribution in [3.05, 3.63) is 60.2 Å². The molecule has 0 unspecified atom stereocenters. The first-order valence-corrected chi connectivity index (χ1v) is 9.77. The fourth-order valence-corrected chi connectivity index (χ4v) is 3.51. The van der Waals surface area contributed by atoms with E-state index in [1.807, 2.05) is 6.08 Å². The molecule has 24 heavy (non-hydrogen) atoms. The molecule has 0 spiro atoms. The van der Waals surface area contributed by atoms with Crippen molar-refractivity contribution >= 4 is 0 Å². The zero-order valence-electron chi connectivity index (χ0n) is 15.4. The van der Waals surface area contributed by atoms with Crippen LogP contribution in [0.3, 0.4) is 0 Å². The van der Waals surface area contributed by atoms with Gasteiger partial charge in [0, 0.05) is 6.61 Å². The van der Waals surface area contributed by atoms with E-state index in [-0.39, 0.29) is 0 Å². The molecule has 1 aromatic rings. The van der Waals surface area contributed by atoms with Crippen molar-refractivity contribution in [1.82, 2.24) is 0 Å². The van der Waals surface area contributed by atoms with E-state index in [9.17, 15) is 0 Å². The van der Waals surface area contributed by atoms with Gasteiger partial charge in [0.05, 0.1) is 6.61 Å². The minimum atomic E-state index is 0.729. The fraction of sp³-hybridized carbons (Fsp3) is 0.565. The average Bonchev–Trinajstić information content (AvgIpc) is 2.63. The molecular weight excluding hydrogens is 292 g/mol. The highest BCUT2D eigenvalue weighted by Gasteiger charge is 2.20. The van der Waals surface area contributed by atoms with Gasteiger partial charge in [-0.3, -0.25) is 0 Å². The van der Waals surface area contributed by atoms with Crippen molar-refractivity contribution in [2.75, 3.05) is 6.61 Å². The van der Waals surface area contributed by atoms with Gasteiger partial charge in [0.1, 0.15) is 0 Å². The summed E-state index contributed by atoms with van der Waals surface area (Å²) in [5, 5.41) is 0. The van der Waals surface area contributed by atoms with Crippen molar-refractivity contribution in [1.29, 1.82) is 0 Å². The summed E-state index contributed by atoms with van der Waals surface area (Å²) in [6.45, 7) is 7.53. The highest BCUT2D eigenvalue weighted by atomic mass is 16.5. The maximum absolute atomic E-state index is 5.71. The molecule has 1 heteroatoms. The Balaban J connectivity index is 1.72. The zero-order valence-corrected chi connectivity index (χ0v) is 15.4. The predicted octanol–water partition coefficient (Wildman–Crippen LogP) is 6.80. The average molecular weight is 327 g/mol. The second-order valence-corrected chi connectivity index (χ2v) is 7.05. The zero-order chi connectivity index (χ0) is 17.0. The summed E-state index contributed by atoms with van der Waals surface area (Å²) in [6, 6.07) is 9.13. The van der Waals surface area contributed by atoms with Crippen LogP contribution >= 0.6 is 0 Å². The van der Waals surface area contributed by atoms with E-state index in [0.717, 1.165) is 37.9 Å². The molecule has 0 saturated heterocycles. The predicted molar refractivity (Wildman–Crippen MR) is 104 cm³/mol. The molecule has 1 aromatic carbocycles. The van der Waals surface area contributed by atoms with E-state index >= 15 is 0 Å². The van der Waals surface area contributed by atoms with Gasteiger partial charge in [-0.2, -0.15) is 0 Å². The van der Waals surface area contributed by atoms with Crippen LogP contribution in [0.2, 0.25) is 0 Å². The Morgan fingerprint density at radius 3 is 2.50 bits per heavy atom. The van der Waals surface area contributed by atoms with Crippen molar-refractivity contribution in [3.8, 4) is 0 Å². The molecule has 0 heterocycles. The van der Waals surface area contributed by atoms with Crippen LogP contribution in [0, 0.1) is 5.92 Å². The van der Waals surface area contributed by atoms with Crippen LogP contribution < -0.4 is 0 Å². The van der Waals surface area contributed by atoms with E-state index in [4.69, 9.17) is 4.74 Å². The number of hydrogen-bond donors (Lipinski definition) is 0. The molecule has 1 saturated carbocycles. The van der Waals surface area contributed by atoms with Crippen LogP contribution in [0.5, 0.6) is 0 Å². The molecule has 132 valence electrons. The van der Waals surface area contributed by atoms with Gasteiger partial charge < -0.3 is 4.74 Å². The maximum Gasteiger partial charge on any atom is 0.0716 e. The Bertz CT molecular complexity index is 477. The molecule has 0 aromatic heterocycles. The second kappa shape index (κ2) is 11.3. The lowest BCUT2D eigenvalue weighted by atomic mass is 9.78. The third-order valence-corrected chi connectivity index (χ3v) is 5.05. The summed E-state index contributed by atoms with van der Waals surface area (Å²) < 4.78 is 5.71. The quantitative estimate of drug-likeness (QED) is 0.339. The van der Waals surface area contributed by atoms with Gasteiger partial charge in [0.15, 0.2) is 0 Å². The Morgan fingerprint density at radius 2 is 1.83 bits per heavy atom. The van der Waals surface area contributed by atoms with Crippen LogP contribution in [0.1, 0.15) is 75.3 Å². The smallest absolute Gasteiger partial charge is 0.0716 e. The number of hydrogen-bond acceptors (Lipinski definition) is 1. The standard InChI is InChI=1S/C23H34O/c1-3-5-7-9-20-10-14-22(15-11-20)23-16-12-21(13-17-23)19-24-18-8-6-4-2/h4,7,9,12-13,16-17,20,22H,2-3,5-6,8,10-11,14-15,18-19H2,1H3/b9-7+. The van der Waals surface area contributed by atoms with E-state index in [1.165, 1.54) is 49.7 Å². The number of ether oxygens (including phenoxy) is 1. The third-order valence-electron chi connectivity index (χ3n) is 5.05. The van der Waals surface area contributed by atoms with Gasteiger partial charge in [0.2, 0.25) is 0 Å². The van der Waals surface area contributed by atoms with Gasteiger partial charge in [0.25, 0.3) is 0 Å². The van der Waals surface area contributed by atoms with Gasteiger partial charge in [-0.15, -0.1) is 6.58 Å².